The van der Waals surface area contributed by atoms with Gasteiger partial charge in [-0.25, -0.2) is 9.37 Å². The SMILES string of the molecule is CCc1nc(C(=O)Nc2ccc(F)cc2C#N)n[nH]1. The first-order valence-corrected chi connectivity index (χ1v) is 5.56. The summed E-state index contributed by atoms with van der Waals surface area (Å²) >= 11 is 0. The zero-order valence-corrected chi connectivity index (χ0v) is 10.1. The number of rotatable bonds is 3. The number of anilines is 1. The van der Waals surface area contributed by atoms with Crippen LogP contribution >= 0.6 is 0 Å². The molecule has 0 unspecified atom stereocenters. The van der Waals surface area contributed by atoms with Gasteiger partial charge >= 0.3 is 0 Å². The molecule has 1 heterocycles. The first kappa shape index (κ1) is 12.7. The zero-order chi connectivity index (χ0) is 13.8. The smallest absolute Gasteiger partial charge is 0.295 e. The van der Waals surface area contributed by atoms with Crippen LogP contribution in [0.5, 0.6) is 0 Å². The van der Waals surface area contributed by atoms with Crippen LogP contribution in [0.25, 0.3) is 0 Å². The molecular formula is C12H10FN5O. The van der Waals surface area contributed by atoms with E-state index >= 15 is 0 Å². The van der Waals surface area contributed by atoms with Gasteiger partial charge in [-0.05, 0) is 18.2 Å². The lowest BCUT2D eigenvalue weighted by molar-refractivity contribution is 0.101. The number of aromatic amines is 1. The number of carbonyl (C=O) groups excluding carboxylic acids is 1. The van der Waals surface area contributed by atoms with E-state index in [1.807, 2.05) is 6.92 Å². The van der Waals surface area contributed by atoms with Gasteiger partial charge in [0.2, 0.25) is 5.82 Å². The van der Waals surface area contributed by atoms with Gasteiger partial charge in [-0.2, -0.15) is 5.26 Å². The third-order valence-electron chi connectivity index (χ3n) is 2.42. The van der Waals surface area contributed by atoms with Crippen LogP contribution in [0.15, 0.2) is 18.2 Å². The number of amides is 1. The summed E-state index contributed by atoms with van der Waals surface area (Å²) in [4.78, 5) is 15.8. The molecule has 2 aromatic rings. The minimum Gasteiger partial charge on any atom is -0.318 e. The molecule has 0 aliphatic carbocycles. The van der Waals surface area contributed by atoms with Crippen LogP contribution < -0.4 is 5.32 Å². The molecule has 1 amide bonds. The summed E-state index contributed by atoms with van der Waals surface area (Å²) in [6, 6.07) is 5.33. The normalized spacial score (nSPS) is 9.95. The van der Waals surface area contributed by atoms with Crippen LogP contribution in [0.4, 0.5) is 10.1 Å². The molecule has 0 spiro atoms. The van der Waals surface area contributed by atoms with E-state index in [1.165, 1.54) is 6.07 Å². The van der Waals surface area contributed by atoms with Gasteiger partial charge in [0, 0.05) is 6.42 Å². The van der Waals surface area contributed by atoms with Crippen molar-refractivity contribution in [3.8, 4) is 6.07 Å². The van der Waals surface area contributed by atoms with Crippen LogP contribution in [0.1, 0.15) is 28.9 Å². The molecule has 0 bridgehead atoms. The first-order valence-electron chi connectivity index (χ1n) is 5.56. The second-order valence-corrected chi connectivity index (χ2v) is 3.72. The van der Waals surface area contributed by atoms with Crippen LogP contribution in [-0.4, -0.2) is 21.1 Å². The van der Waals surface area contributed by atoms with Crippen molar-refractivity contribution in [3.63, 3.8) is 0 Å². The van der Waals surface area contributed by atoms with E-state index in [-0.39, 0.29) is 17.1 Å². The molecule has 6 nitrogen and oxygen atoms in total. The summed E-state index contributed by atoms with van der Waals surface area (Å²) in [5.41, 5.74) is 0.261. The molecular weight excluding hydrogens is 249 g/mol. The Bertz CT molecular complexity index is 658. The Balaban J connectivity index is 2.22. The van der Waals surface area contributed by atoms with E-state index < -0.39 is 11.7 Å². The Kier molecular flexibility index (Phi) is 3.52. The predicted molar refractivity (Wildman–Crippen MR) is 64.8 cm³/mol. The maximum Gasteiger partial charge on any atom is 0.295 e. The topological polar surface area (TPSA) is 94.5 Å². The fourth-order valence-corrected chi connectivity index (χ4v) is 1.45. The predicted octanol–water partition coefficient (Wildman–Crippen LogP) is 1.63. The average Bonchev–Trinajstić information content (AvgIpc) is 2.89. The number of carbonyl (C=O) groups is 1. The Morgan fingerprint density at radius 2 is 2.37 bits per heavy atom. The van der Waals surface area contributed by atoms with Crippen molar-refractivity contribution >= 4 is 11.6 Å². The van der Waals surface area contributed by atoms with Gasteiger partial charge < -0.3 is 5.32 Å². The molecule has 0 fully saturated rings. The van der Waals surface area contributed by atoms with E-state index in [2.05, 4.69) is 20.5 Å². The van der Waals surface area contributed by atoms with Crippen LogP contribution in [0.2, 0.25) is 0 Å². The maximum absolute atomic E-state index is 13.0. The molecule has 0 atom stereocenters. The van der Waals surface area contributed by atoms with Gasteiger partial charge in [-0.15, -0.1) is 5.10 Å². The monoisotopic (exact) mass is 259 g/mol. The first-order chi connectivity index (χ1) is 9.13. The van der Waals surface area contributed by atoms with Crippen molar-refractivity contribution in [3.05, 3.63) is 41.2 Å². The lowest BCUT2D eigenvalue weighted by Gasteiger charge is -2.04. The Labute approximate surface area is 108 Å². The molecule has 7 heteroatoms. The highest BCUT2D eigenvalue weighted by Gasteiger charge is 2.14. The van der Waals surface area contributed by atoms with Crippen molar-refractivity contribution in [1.29, 1.82) is 5.26 Å². The quantitative estimate of drug-likeness (QED) is 0.875. The molecule has 0 aliphatic rings. The summed E-state index contributed by atoms with van der Waals surface area (Å²) in [5.74, 6) is -0.533. The van der Waals surface area contributed by atoms with Crippen LogP contribution in [0.3, 0.4) is 0 Å². The Hall–Kier alpha value is -2.75. The number of H-pyrrole nitrogens is 1. The molecule has 2 rings (SSSR count). The maximum atomic E-state index is 13.0. The number of benzene rings is 1. The van der Waals surface area contributed by atoms with Crippen molar-refractivity contribution in [2.75, 3.05) is 5.32 Å². The van der Waals surface area contributed by atoms with E-state index in [9.17, 15) is 9.18 Å². The van der Waals surface area contributed by atoms with Crippen molar-refractivity contribution in [2.45, 2.75) is 13.3 Å². The summed E-state index contributed by atoms with van der Waals surface area (Å²) in [5, 5.41) is 17.7. The summed E-state index contributed by atoms with van der Waals surface area (Å²) in [7, 11) is 0. The largest absolute Gasteiger partial charge is 0.318 e. The number of hydrogen-bond donors (Lipinski definition) is 2. The number of nitriles is 1. The summed E-state index contributed by atoms with van der Waals surface area (Å²) < 4.78 is 13.0. The van der Waals surface area contributed by atoms with Gasteiger partial charge in [0.05, 0.1) is 11.3 Å². The molecule has 96 valence electrons. The summed E-state index contributed by atoms with van der Waals surface area (Å²) in [6.45, 7) is 1.87. The van der Waals surface area contributed by atoms with E-state index in [0.717, 1.165) is 12.1 Å². The molecule has 0 aliphatic heterocycles. The Morgan fingerprint density at radius 3 is 3.00 bits per heavy atom. The standard InChI is InChI=1S/C12H10FN5O/c1-2-10-16-11(18-17-10)12(19)15-9-4-3-8(13)5-7(9)6-14/h3-5H,2H2,1H3,(H,15,19)(H,16,17,18). The van der Waals surface area contributed by atoms with Crippen LogP contribution in [-0.2, 0) is 6.42 Å². The number of nitrogens with one attached hydrogen (secondary N) is 2. The van der Waals surface area contributed by atoms with E-state index in [4.69, 9.17) is 5.26 Å². The number of aromatic nitrogens is 3. The molecule has 0 radical (unpaired) electrons. The molecule has 19 heavy (non-hydrogen) atoms. The van der Waals surface area contributed by atoms with Crippen molar-refractivity contribution in [2.24, 2.45) is 0 Å². The third kappa shape index (κ3) is 2.74. The number of nitrogens with zero attached hydrogens (tertiary/aromatic N) is 3. The van der Waals surface area contributed by atoms with Gasteiger partial charge in [-0.3, -0.25) is 9.89 Å². The lowest BCUT2D eigenvalue weighted by Crippen LogP contribution is -2.14. The minimum absolute atomic E-state index is 0.0231. The molecule has 1 aromatic heterocycles. The second kappa shape index (κ2) is 5.27. The molecule has 2 N–H and O–H groups in total. The highest BCUT2D eigenvalue weighted by atomic mass is 19.1. The second-order valence-electron chi connectivity index (χ2n) is 3.72. The number of halogens is 1. The minimum atomic E-state index is -0.556. The van der Waals surface area contributed by atoms with Gasteiger partial charge in [0.1, 0.15) is 17.7 Å². The zero-order valence-electron chi connectivity index (χ0n) is 10.1. The Morgan fingerprint density at radius 1 is 1.58 bits per heavy atom. The highest BCUT2D eigenvalue weighted by molar-refractivity contribution is 6.02. The van der Waals surface area contributed by atoms with Crippen molar-refractivity contribution < 1.29 is 9.18 Å². The van der Waals surface area contributed by atoms with E-state index in [1.54, 1.807) is 6.07 Å². The summed E-state index contributed by atoms with van der Waals surface area (Å²) in [6.07, 6.45) is 0.625. The third-order valence-corrected chi connectivity index (χ3v) is 2.42. The molecule has 1 aromatic carbocycles. The van der Waals surface area contributed by atoms with Crippen LogP contribution in [0, 0.1) is 17.1 Å². The number of aryl methyl sites for hydroxylation is 1. The molecule has 0 saturated heterocycles. The van der Waals surface area contributed by atoms with E-state index in [0.29, 0.717) is 12.2 Å². The molecule has 0 saturated carbocycles. The fraction of sp³-hybridized carbons (Fsp3) is 0.167. The lowest BCUT2D eigenvalue weighted by atomic mass is 10.2. The fourth-order valence-electron chi connectivity index (χ4n) is 1.45. The van der Waals surface area contributed by atoms with Gasteiger partial charge in [-0.1, -0.05) is 6.92 Å². The number of hydrogen-bond acceptors (Lipinski definition) is 4. The van der Waals surface area contributed by atoms with Crippen molar-refractivity contribution in [1.82, 2.24) is 15.2 Å². The average molecular weight is 259 g/mol. The van der Waals surface area contributed by atoms with Gasteiger partial charge in [0.15, 0.2) is 0 Å². The van der Waals surface area contributed by atoms with Gasteiger partial charge in [0.25, 0.3) is 5.91 Å². The highest BCUT2D eigenvalue weighted by Crippen LogP contribution is 2.16.